The average Bonchev–Trinajstić information content (AvgIpc) is 2.73. The molecule has 1 aromatic carbocycles. The van der Waals surface area contributed by atoms with Crippen molar-refractivity contribution in [1.29, 1.82) is 5.26 Å². The quantitative estimate of drug-likeness (QED) is 0.514. The summed E-state index contributed by atoms with van der Waals surface area (Å²) in [4.78, 5) is 25.6. The summed E-state index contributed by atoms with van der Waals surface area (Å²) in [6.07, 6.45) is -3.85. The fourth-order valence-electron chi connectivity index (χ4n) is 3.89. The Morgan fingerprint density at radius 1 is 1.21 bits per heavy atom. The molecule has 11 heteroatoms. The maximum Gasteiger partial charge on any atom is 0.418 e. The van der Waals surface area contributed by atoms with Crippen LogP contribution in [0.3, 0.4) is 0 Å². The number of nitrogens with zero attached hydrogens (tertiary/aromatic N) is 1. The van der Waals surface area contributed by atoms with Crippen LogP contribution < -0.4 is 5.32 Å². The summed E-state index contributed by atoms with van der Waals surface area (Å²) >= 11 is 0. The minimum Gasteiger partial charge on any atom is -0.466 e. The number of carbonyl (C=O) groups is 2. The molecule has 1 N–H and O–H groups in total. The highest BCUT2D eigenvalue weighted by atomic mass is 19.4. The van der Waals surface area contributed by atoms with E-state index in [1.807, 2.05) is 0 Å². The van der Waals surface area contributed by atoms with Gasteiger partial charge in [-0.25, -0.2) is 18.4 Å². The number of carbonyl (C=O) groups excluding carboxylic acids is 2. The molecule has 1 heterocycles. The molecule has 0 saturated heterocycles. The lowest BCUT2D eigenvalue weighted by molar-refractivity contribution is -0.149. The van der Waals surface area contributed by atoms with Gasteiger partial charge in [0.1, 0.15) is 18.6 Å². The number of nitriles is 1. The van der Waals surface area contributed by atoms with Crippen molar-refractivity contribution in [1.82, 2.24) is 5.32 Å². The minimum absolute atomic E-state index is 0.112. The van der Waals surface area contributed by atoms with E-state index in [0.29, 0.717) is 25.0 Å². The van der Waals surface area contributed by atoms with Crippen LogP contribution >= 0.6 is 0 Å². The molecule has 33 heavy (non-hydrogen) atoms. The Morgan fingerprint density at radius 2 is 1.88 bits per heavy atom. The van der Waals surface area contributed by atoms with E-state index in [9.17, 15) is 32.4 Å². The number of nitrogens with one attached hydrogen (secondary N) is 1. The van der Waals surface area contributed by atoms with E-state index in [1.165, 1.54) is 13.0 Å². The summed E-state index contributed by atoms with van der Waals surface area (Å²) in [5.74, 6) is -5.81. The smallest absolute Gasteiger partial charge is 0.418 e. The Morgan fingerprint density at radius 3 is 2.36 bits per heavy atom. The van der Waals surface area contributed by atoms with Gasteiger partial charge in [0, 0.05) is 11.3 Å². The highest BCUT2D eigenvalue weighted by molar-refractivity contribution is 6.00. The van der Waals surface area contributed by atoms with Gasteiger partial charge in [0.05, 0.1) is 47.1 Å². The molecule has 1 unspecified atom stereocenters. The Hall–Kier alpha value is -3.42. The van der Waals surface area contributed by atoms with E-state index in [2.05, 4.69) is 10.1 Å². The van der Waals surface area contributed by atoms with Gasteiger partial charge in [0.15, 0.2) is 0 Å². The lowest BCUT2D eigenvalue weighted by Crippen LogP contribution is -2.37. The zero-order chi connectivity index (χ0) is 24.5. The molecule has 0 radical (unpaired) electrons. The molecule has 1 aliphatic carbocycles. The van der Waals surface area contributed by atoms with Crippen molar-refractivity contribution in [2.75, 3.05) is 13.8 Å². The molecule has 2 aliphatic rings. The van der Waals surface area contributed by atoms with Crippen LogP contribution in [-0.2, 0) is 25.2 Å². The molecular weight excluding hydrogens is 451 g/mol. The highest BCUT2D eigenvalue weighted by Gasteiger charge is 2.47. The van der Waals surface area contributed by atoms with Crippen LogP contribution in [0.2, 0.25) is 0 Å². The second kappa shape index (κ2) is 9.21. The van der Waals surface area contributed by atoms with Crippen LogP contribution in [0.1, 0.15) is 48.8 Å². The highest BCUT2D eigenvalue weighted by Crippen LogP contribution is 2.47. The standard InChI is InChI=1S/C22H19F5N2O4/c1-10-15(21(31)33-12-4-3-5-12)18(17(20(30)32-2)14(8-23)29-10)16-13(24)7-6-11(9-28)19(16)22(25,26)27/h6-7,12,18,29H,3-5,8H2,1-2H3. The Kier molecular flexibility index (Phi) is 6.76. The van der Waals surface area contributed by atoms with Crippen molar-refractivity contribution in [3.63, 3.8) is 0 Å². The Labute approximate surface area is 185 Å². The molecule has 0 spiro atoms. The molecule has 0 bridgehead atoms. The summed E-state index contributed by atoms with van der Waals surface area (Å²) in [6, 6.07) is 2.62. The summed E-state index contributed by atoms with van der Waals surface area (Å²) in [5.41, 5.74) is -5.57. The van der Waals surface area contributed by atoms with E-state index >= 15 is 4.39 Å². The van der Waals surface area contributed by atoms with Gasteiger partial charge in [-0.15, -0.1) is 0 Å². The fourth-order valence-corrected chi connectivity index (χ4v) is 3.89. The second-order valence-corrected chi connectivity index (χ2v) is 7.57. The maximum absolute atomic E-state index is 15.1. The lowest BCUT2D eigenvalue weighted by Gasteiger charge is -2.34. The van der Waals surface area contributed by atoms with Crippen LogP contribution in [0.15, 0.2) is 34.7 Å². The van der Waals surface area contributed by atoms with E-state index in [0.717, 1.165) is 13.5 Å². The van der Waals surface area contributed by atoms with Gasteiger partial charge in [0.25, 0.3) is 0 Å². The van der Waals surface area contributed by atoms with Gasteiger partial charge in [-0.3, -0.25) is 0 Å². The number of rotatable bonds is 5. The number of esters is 2. The zero-order valence-electron chi connectivity index (χ0n) is 17.6. The number of benzene rings is 1. The zero-order valence-corrected chi connectivity index (χ0v) is 17.6. The van der Waals surface area contributed by atoms with Gasteiger partial charge in [-0.05, 0) is 38.3 Å². The van der Waals surface area contributed by atoms with Crippen LogP contribution in [0.25, 0.3) is 0 Å². The van der Waals surface area contributed by atoms with Crippen LogP contribution in [0.5, 0.6) is 0 Å². The van der Waals surface area contributed by atoms with E-state index < -0.39 is 76.2 Å². The topological polar surface area (TPSA) is 88.4 Å². The van der Waals surface area contributed by atoms with Crippen LogP contribution in [-0.4, -0.2) is 31.8 Å². The molecule has 1 saturated carbocycles. The first-order valence-electron chi connectivity index (χ1n) is 9.90. The Bertz CT molecular complexity index is 1100. The number of alkyl halides is 4. The monoisotopic (exact) mass is 470 g/mol. The molecular formula is C22H19F5N2O4. The van der Waals surface area contributed by atoms with Gasteiger partial charge < -0.3 is 14.8 Å². The van der Waals surface area contributed by atoms with Crippen molar-refractivity contribution in [2.24, 2.45) is 0 Å². The second-order valence-electron chi connectivity index (χ2n) is 7.57. The van der Waals surface area contributed by atoms with E-state index in [4.69, 9.17) is 4.74 Å². The number of methoxy groups -OCH3 is 1. The first-order chi connectivity index (χ1) is 15.5. The molecule has 1 aromatic rings. The third-order valence-corrected chi connectivity index (χ3v) is 5.61. The average molecular weight is 470 g/mol. The van der Waals surface area contributed by atoms with Gasteiger partial charge in [-0.2, -0.15) is 18.4 Å². The molecule has 0 amide bonds. The predicted octanol–water partition coefficient (Wildman–Crippen LogP) is 4.17. The summed E-state index contributed by atoms with van der Waals surface area (Å²) in [6.45, 7) is -0.0719. The van der Waals surface area contributed by atoms with Crippen LogP contribution in [0, 0.1) is 17.1 Å². The Balaban J connectivity index is 2.36. The summed E-state index contributed by atoms with van der Waals surface area (Å²) in [5, 5.41) is 11.7. The number of halogens is 5. The first-order valence-corrected chi connectivity index (χ1v) is 9.90. The van der Waals surface area contributed by atoms with E-state index in [-0.39, 0.29) is 5.70 Å². The SMILES string of the molecule is COC(=O)C1=C(CF)NC(C)=C(C(=O)OC2CCC2)C1c1c(F)ccc(C#N)c1C(F)(F)F. The third kappa shape index (κ3) is 4.42. The van der Waals surface area contributed by atoms with Gasteiger partial charge >= 0.3 is 18.1 Å². The normalized spacial score (nSPS) is 18.9. The number of dihydropyridines is 1. The van der Waals surface area contributed by atoms with Crippen molar-refractivity contribution in [3.05, 3.63) is 57.2 Å². The molecule has 1 aliphatic heterocycles. The van der Waals surface area contributed by atoms with Crippen molar-refractivity contribution >= 4 is 11.9 Å². The fraction of sp³-hybridized carbons (Fsp3) is 0.409. The number of allylic oxidation sites excluding steroid dienone is 2. The van der Waals surface area contributed by atoms with Crippen molar-refractivity contribution in [3.8, 4) is 6.07 Å². The third-order valence-electron chi connectivity index (χ3n) is 5.61. The minimum atomic E-state index is -5.23. The lowest BCUT2D eigenvalue weighted by atomic mass is 9.77. The summed E-state index contributed by atoms with van der Waals surface area (Å²) in [7, 11) is 0.909. The largest absolute Gasteiger partial charge is 0.466 e. The molecule has 6 nitrogen and oxygen atoms in total. The predicted molar refractivity (Wildman–Crippen MR) is 103 cm³/mol. The maximum atomic E-state index is 15.1. The van der Waals surface area contributed by atoms with Gasteiger partial charge in [0.2, 0.25) is 0 Å². The molecule has 3 rings (SSSR count). The van der Waals surface area contributed by atoms with Crippen molar-refractivity contribution < 1.29 is 41.0 Å². The van der Waals surface area contributed by atoms with Crippen molar-refractivity contribution in [2.45, 2.75) is 44.4 Å². The van der Waals surface area contributed by atoms with Crippen LogP contribution in [0.4, 0.5) is 22.0 Å². The van der Waals surface area contributed by atoms with Gasteiger partial charge in [-0.1, -0.05) is 0 Å². The molecule has 1 atom stereocenters. The summed E-state index contributed by atoms with van der Waals surface area (Å²) < 4.78 is 81.0. The number of hydrogen-bond donors (Lipinski definition) is 1. The first kappa shape index (κ1) is 24.2. The number of ether oxygens (including phenoxy) is 2. The molecule has 1 fully saturated rings. The number of hydrogen-bond acceptors (Lipinski definition) is 6. The molecule has 176 valence electrons. The molecule has 0 aromatic heterocycles. The van der Waals surface area contributed by atoms with E-state index in [1.54, 1.807) is 0 Å².